The predicted octanol–water partition coefficient (Wildman–Crippen LogP) is 1.81. The van der Waals surface area contributed by atoms with E-state index in [1.54, 1.807) is 0 Å². The van der Waals surface area contributed by atoms with Crippen LogP contribution in [0.4, 0.5) is 13.2 Å². The fourth-order valence-electron chi connectivity index (χ4n) is 2.57. The normalized spacial score (nSPS) is 21.0. The lowest BCUT2D eigenvalue weighted by molar-refractivity contribution is -0.130. The van der Waals surface area contributed by atoms with E-state index in [0.717, 1.165) is 12.1 Å². The Kier molecular flexibility index (Phi) is 3.80. The number of carbonyl (C=O) groups excluding carboxylic acids is 1. The zero-order valence-electron chi connectivity index (χ0n) is 12.0. The molecule has 9 heteroatoms. The molecule has 1 aliphatic heterocycles. The Hall–Kier alpha value is -2.42. The third-order valence-corrected chi connectivity index (χ3v) is 3.65. The lowest BCUT2D eigenvalue weighted by Crippen LogP contribution is -2.29. The molecule has 1 saturated heterocycles. The molecule has 2 atom stereocenters. The van der Waals surface area contributed by atoms with E-state index in [2.05, 4.69) is 10.1 Å². The van der Waals surface area contributed by atoms with Gasteiger partial charge in [0.2, 0.25) is 17.6 Å². The van der Waals surface area contributed by atoms with Gasteiger partial charge in [0.15, 0.2) is 17.5 Å². The highest BCUT2D eigenvalue weighted by molar-refractivity contribution is 5.74. The van der Waals surface area contributed by atoms with Gasteiger partial charge in [0.1, 0.15) is 6.04 Å². The number of aromatic nitrogens is 2. The Balaban J connectivity index is 1.93. The van der Waals surface area contributed by atoms with Crippen LogP contribution in [-0.2, 0) is 4.79 Å². The minimum atomic E-state index is -1.58. The fraction of sp³-hybridized carbons (Fsp3) is 0.357. The lowest BCUT2D eigenvalue weighted by Gasteiger charge is -2.19. The SMILES string of the molecule is CC(=O)N1C[C@@H](O)C[C@@H]1c1nc(-c2cc(F)c(F)c(F)c2)no1. The van der Waals surface area contributed by atoms with Crippen molar-refractivity contribution in [1.29, 1.82) is 0 Å². The number of aliphatic hydroxyl groups is 1. The summed E-state index contributed by atoms with van der Waals surface area (Å²) in [5.41, 5.74) is -0.0932. The second kappa shape index (κ2) is 5.65. The molecule has 0 unspecified atom stereocenters. The highest BCUT2D eigenvalue weighted by Crippen LogP contribution is 2.32. The lowest BCUT2D eigenvalue weighted by atomic mass is 10.2. The number of benzene rings is 1. The summed E-state index contributed by atoms with van der Waals surface area (Å²) in [5, 5.41) is 13.3. The Labute approximate surface area is 128 Å². The molecule has 0 bridgehead atoms. The van der Waals surface area contributed by atoms with Crippen LogP contribution in [0.15, 0.2) is 16.7 Å². The summed E-state index contributed by atoms with van der Waals surface area (Å²) in [7, 11) is 0. The zero-order chi connectivity index (χ0) is 16.7. The molecule has 0 aliphatic carbocycles. The number of likely N-dealkylation sites (tertiary alicyclic amines) is 1. The third-order valence-electron chi connectivity index (χ3n) is 3.65. The minimum Gasteiger partial charge on any atom is -0.391 e. The molecule has 23 heavy (non-hydrogen) atoms. The first-order chi connectivity index (χ1) is 10.9. The average molecular weight is 327 g/mol. The molecule has 1 fully saturated rings. The monoisotopic (exact) mass is 327 g/mol. The predicted molar refractivity (Wildman–Crippen MR) is 70.4 cm³/mol. The summed E-state index contributed by atoms with van der Waals surface area (Å²) >= 11 is 0. The van der Waals surface area contributed by atoms with Crippen LogP contribution in [0, 0.1) is 17.5 Å². The summed E-state index contributed by atoms with van der Waals surface area (Å²) in [6, 6.07) is 0.886. The Morgan fingerprint density at radius 1 is 1.35 bits per heavy atom. The minimum absolute atomic E-state index is 0.0388. The van der Waals surface area contributed by atoms with E-state index in [0.29, 0.717) is 0 Å². The van der Waals surface area contributed by atoms with Gasteiger partial charge in [-0.15, -0.1) is 0 Å². The molecular weight excluding hydrogens is 315 g/mol. The average Bonchev–Trinajstić information content (AvgIpc) is 3.10. The van der Waals surface area contributed by atoms with Crippen LogP contribution >= 0.6 is 0 Å². The summed E-state index contributed by atoms with van der Waals surface area (Å²) < 4.78 is 44.5. The van der Waals surface area contributed by atoms with Crippen molar-refractivity contribution < 1.29 is 27.6 Å². The second-order valence-electron chi connectivity index (χ2n) is 5.29. The molecule has 2 heterocycles. The number of hydrogen-bond donors (Lipinski definition) is 1. The van der Waals surface area contributed by atoms with E-state index in [-0.39, 0.29) is 36.2 Å². The Bertz CT molecular complexity index is 742. The van der Waals surface area contributed by atoms with Crippen molar-refractivity contribution in [3.63, 3.8) is 0 Å². The zero-order valence-corrected chi connectivity index (χ0v) is 12.0. The maximum atomic E-state index is 13.3. The molecule has 122 valence electrons. The number of hydrogen-bond acceptors (Lipinski definition) is 5. The third kappa shape index (κ3) is 2.79. The summed E-state index contributed by atoms with van der Waals surface area (Å²) in [6.45, 7) is 1.48. The smallest absolute Gasteiger partial charge is 0.249 e. The van der Waals surface area contributed by atoms with Gasteiger partial charge in [0.05, 0.1) is 6.10 Å². The molecule has 2 aromatic rings. The van der Waals surface area contributed by atoms with Crippen molar-refractivity contribution in [2.24, 2.45) is 0 Å². The van der Waals surface area contributed by atoms with E-state index in [4.69, 9.17) is 4.52 Å². The highest BCUT2D eigenvalue weighted by Gasteiger charge is 2.37. The van der Waals surface area contributed by atoms with Gasteiger partial charge in [0, 0.05) is 25.5 Å². The second-order valence-corrected chi connectivity index (χ2v) is 5.29. The molecule has 1 amide bonds. The van der Waals surface area contributed by atoms with E-state index in [1.165, 1.54) is 11.8 Å². The molecular formula is C14H12F3N3O3. The van der Waals surface area contributed by atoms with Gasteiger partial charge < -0.3 is 14.5 Å². The molecule has 1 aliphatic rings. The first-order valence-electron chi connectivity index (χ1n) is 6.80. The maximum absolute atomic E-state index is 13.3. The molecule has 1 aromatic heterocycles. The van der Waals surface area contributed by atoms with Crippen molar-refractivity contribution in [1.82, 2.24) is 15.0 Å². The van der Waals surface area contributed by atoms with Crippen LogP contribution in [0.5, 0.6) is 0 Å². The van der Waals surface area contributed by atoms with Gasteiger partial charge in [-0.25, -0.2) is 13.2 Å². The van der Waals surface area contributed by atoms with E-state index in [1.807, 2.05) is 0 Å². The number of rotatable bonds is 2. The van der Waals surface area contributed by atoms with Crippen LogP contribution in [0.25, 0.3) is 11.4 Å². The quantitative estimate of drug-likeness (QED) is 0.851. The number of nitrogens with zero attached hydrogens (tertiary/aromatic N) is 3. The number of aliphatic hydroxyl groups excluding tert-OH is 1. The molecule has 1 aromatic carbocycles. The van der Waals surface area contributed by atoms with Crippen molar-refractivity contribution in [3.8, 4) is 11.4 Å². The van der Waals surface area contributed by atoms with E-state index >= 15 is 0 Å². The Morgan fingerprint density at radius 2 is 2.00 bits per heavy atom. The topological polar surface area (TPSA) is 79.5 Å². The van der Waals surface area contributed by atoms with Crippen LogP contribution in [0.1, 0.15) is 25.3 Å². The van der Waals surface area contributed by atoms with Gasteiger partial charge in [-0.1, -0.05) is 5.16 Å². The molecule has 0 saturated carbocycles. The summed E-state index contributed by atoms with van der Waals surface area (Å²) in [5.74, 6) is -4.69. The summed E-state index contributed by atoms with van der Waals surface area (Å²) in [4.78, 5) is 16.9. The molecule has 0 spiro atoms. The molecule has 1 N–H and O–H groups in total. The molecule has 6 nitrogen and oxygen atoms in total. The van der Waals surface area contributed by atoms with E-state index < -0.39 is 29.6 Å². The summed E-state index contributed by atoms with van der Waals surface area (Å²) in [6.07, 6.45) is -0.507. The number of β-amino-alcohol motifs (C(OH)–C–C–N with tert-alkyl or cyclic N) is 1. The van der Waals surface area contributed by atoms with Gasteiger partial charge >= 0.3 is 0 Å². The van der Waals surface area contributed by atoms with Crippen LogP contribution in [0.3, 0.4) is 0 Å². The van der Waals surface area contributed by atoms with E-state index in [9.17, 15) is 23.1 Å². The number of amides is 1. The largest absolute Gasteiger partial charge is 0.391 e. The van der Waals surface area contributed by atoms with Crippen LogP contribution in [0.2, 0.25) is 0 Å². The number of halogens is 3. The number of carbonyl (C=O) groups is 1. The van der Waals surface area contributed by atoms with Crippen molar-refractivity contribution in [2.45, 2.75) is 25.5 Å². The molecule has 0 radical (unpaired) electrons. The maximum Gasteiger partial charge on any atom is 0.249 e. The highest BCUT2D eigenvalue weighted by atomic mass is 19.2. The van der Waals surface area contributed by atoms with Crippen LogP contribution < -0.4 is 0 Å². The Morgan fingerprint density at radius 3 is 2.61 bits per heavy atom. The first-order valence-corrected chi connectivity index (χ1v) is 6.80. The van der Waals surface area contributed by atoms with Crippen LogP contribution in [-0.4, -0.2) is 38.7 Å². The van der Waals surface area contributed by atoms with Gasteiger partial charge in [0.25, 0.3) is 0 Å². The molecule has 3 rings (SSSR count). The van der Waals surface area contributed by atoms with Gasteiger partial charge in [-0.2, -0.15) is 4.98 Å². The van der Waals surface area contributed by atoms with Gasteiger partial charge in [-0.3, -0.25) is 4.79 Å². The fourth-order valence-corrected chi connectivity index (χ4v) is 2.57. The first kappa shape index (κ1) is 15.5. The van der Waals surface area contributed by atoms with Crippen molar-refractivity contribution >= 4 is 5.91 Å². The van der Waals surface area contributed by atoms with Crippen molar-refractivity contribution in [2.75, 3.05) is 6.54 Å². The van der Waals surface area contributed by atoms with Gasteiger partial charge in [-0.05, 0) is 12.1 Å². The van der Waals surface area contributed by atoms with Crippen molar-refractivity contribution in [3.05, 3.63) is 35.5 Å². The standard InChI is InChI=1S/C14H12F3N3O3/c1-6(21)20-5-8(22)4-11(20)14-18-13(19-23-14)7-2-9(15)12(17)10(16)3-7/h2-3,8,11,22H,4-5H2,1H3/t8-,11+/m0/s1.